The fourth-order valence-electron chi connectivity index (χ4n) is 4.05. The number of hydrogen-bond acceptors (Lipinski definition) is 4. The van der Waals surface area contributed by atoms with Crippen LogP contribution >= 0.6 is 0 Å². The summed E-state index contributed by atoms with van der Waals surface area (Å²) in [7, 11) is 1.64. The van der Waals surface area contributed by atoms with Crippen LogP contribution in [0.15, 0.2) is 6.20 Å². The monoisotopic (exact) mass is 349 g/mol. The van der Waals surface area contributed by atoms with Crippen molar-refractivity contribution in [1.29, 1.82) is 0 Å². The normalized spacial score (nSPS) is 22.3. The molecule has 140 valence electrons. The van der Waals surface area contributed by atoms with Crippen LogP contribution in [0.3, 0.4) is 0 Å². The van der Waals surface area contributed by atoms with Crippen molar-refractivity contribution in [2.75, 3.05) is 40.0 Å². The number of carbonyl (C=O) groups excluding carboxylic acids is 1. The number of carbonyl (C=O) groups is 1. The van der Waals surface area contributed by atoms with E-state index < -0.39 is 0 Å². The van der Waals surface area contributed by atoms with Gasteiger partial charge in [-0.1, -0.05) is 0 Å². The molecule has 0 aliphatic carbocycles. The molecule has 2 fully saturated rings. The van der Waals surface area contributed by atoms with E-state index in [2.05, 4.69) is 11.5 Å². The SMILES string of the molecule is COCCC(=O)N1CCCC(Cn2c(C)cnc2C2CCOCC2)C1. The van der Waals surface area contributed by atoms with Crippen LogP contribution < -0.4 is 0 Å². The Morgan fingerprint density at radius 3 is 2.92 bits per heavy atom. The molecule has 1 atom stereocenters. The Labute approximate surface area is 150 Å². The van der Waals surface area contributed by atoms with Gasteiger partial charge in [0.1, 0.15) is 5.82 Å². The van der Waals surface area contributed by atoms with Crippen LogP contribution in [0, 0.1) is 12.8 Å². The zero-order valence-electron chi connectivity index (χ0n) is 15.6. The molecule has 1 aromatic rings. The molecule has 2 aliphatic heterocycles. The number of amides is 1. The maximum absolute atomic E-state index is 12.3. The molecule has 0 saturated carbocycles. The molecule has 1 aromatic heterocycles. The molecule has 2 aliphatic rings. The highest BCUT2D eigenvalue weighted by atomic mass is 16.5. The summed E-state index contributed by atoms with van der Waals surface area (Å²) in [6.45, 7) is 7.02. The second kappa shape index (κ2) is 8.81. The number of hydrogen-bond donors (Lipinski definition) is 0. The highest BCUT2D eigenvalue weighted by molar-refractivity contribution is 5.76. The van der Waals surface area contributed by atoms with Gasteiger partial charge in [0, 0.05) is 57.8 Å². The first kappa shape index (κ1) is 18.4. The summed E-state index contributed by atoms with van der Waals surface area (Å²) >= 11 is 0. The van der Waals surface area contributed by atoms with Crippen molar-refractivity contribution in [2.45, 2.75) is 51.5 Å². The number of aromatic nitrogens is 2. The van der Waals surface area contributed by atoms with Gasteiger partial charge in [0.15, 0.2) is 0 Å². The van der Waals surface area contributed by atoms with Crippen molar-refractivity contribution in [3.05, 3.63) is 17.7 Å². The van der Waals surface area contributed by atoms with E-state index in [1.54, 1.807) is 7.11 Å². The van der Waals surface area contributed by atoms with Crippen LogP contribution in [0.4, 0.5) is 0 Å². The van der Waals surface area contributed by atoms with Gasteiger partial charge in [-0.15, -0.1) is 0 Å². The largest absolute Gasteiger partial charge is 0.384 e. The van der Waals surface area contributed by atoms with Crippen LogP contribution in [0.2, 0.25) is 0 Å². The smallest absolute Gasteiger partial charge is 0.224 e. The third-order valence-corrected chi connectivity index (χ3v) is 5.50. The van der Waals surface area contributed by atoms with Gasteiger partial charge in [-0.25, -0.2) is 4.98 Å². The predicted octanol–water partition coefficient (Wildman–Crippen LogP) is 2.36. The molecule has 2 saturated heterocycles. The number of aryl methyl sites for hydroxylation is 1. The maximum atomic E-state index is 12.3. The molecule has 3 rings (SSSR count). The summed E-state index contributed by atoms with van der Waals surface area (Å²) in [6.07, 6.45) is 6.86. The predicted molar refractivity (Wildman–Crippen MR) is 95.6 cm³/mol. The van der Waals surface area contributed by atoms with Crippen LogP contribution in [-0.4, -0.2) is 60.4 Å². The lowest BCUT2D eigenvalue weighted by Gasteiger charge is -2.34. The lowest BCUT2D eigenvalue weighted by Crippen LogP contribution is -2.41. The van der Waals surface area contributed by atoms with Gasteiger partial charge in [-0.05, 0) is 38.5 Å². The Hall–Kier alpha value is -1.40. The Balaban J connectivity index is 1.63. The summed E-state index contributed by atoms with van der Waals surface area (Å²) in [5.74, 6) is 2.44. The summed E-state index contributed by atoms with van der Waals surface area (Å²) < 4.78 is 12.9. The second-order valence-electron chi connectivity index (χ2n) is 7.35. The van der Waals surface area contributed by atoms with E-state index in [1.807, 2.05) is 11.1 Å². The highest BCUT2D eigenvalue weighted by Gasteiger charge is 2.27. The van der Waals surface area contributed by atoms with Gasteiger partial charge in [0.2, 0.25) is 5.91 Å². The molecule has 6 nitrogen and oxygen atoms in total. The van der Waals surface area contributed by atoms with Gasteiger partial charge in [-0.3, -0.25) is 4.79 Å². The second-order valence-corrected chi connectivity index (χ2v) is 7.35. The molecule has 0 N–H and O–H groups in total. The molecule has 3 heterocycles. The van der Waals surface area contributed by atoms with E-state index in [-0.39, 0.29) is 5.91 Å². The Morgan fingerprint density at radius 2 is 2.16 bits per heavy atom. The van der Waals surface area contributed by atoms with Gasteiger partial charge >= 0.3 is 0 Å². The lowest BCUT2D eigenvalue weighted by molar-refractivity contribution is -0.134. The molecule has 1 unspecified atom stereocenters. The minimum absolute atomic E-state index is 0.221. The molecule has 0 spiro atoms. The molecule has 6 heteroatoms. The van der Waals surface area contributed by atoms with Crippen molar-refractivity contribution in [2.24, 2.45) is 5.92 Å². The van der Waals surface area contributed by atoms with Crippen LogP contribution in [-0.2, 0) is 20.8 Å². The molecule has 0 bridgehead atoms. The third kappa shape index (κ3) is 4.61. The average Bonchev–Trinajstić information content (AvgIpc) is 3.01. The van der Waals surface area contributed by atoms with Gasteiger partial charge < -0.3 is 18.9 Å². The Kier molecular flexibility index (Phi) is 6.48. The molecule has 0 radical (unpaired) electrons. The standard InChI is InChI=1S/C19H31N3O3/c1-15-12-20-19(17-5-10-25-11-6-17)22(15)14-16-4-3-8-21(13-16)18(23)7-9-24-2/h12,16-17H,3-11,13-14H2,1-2H3. The minimum atomic E-state index is 0.221. The number of ether oxygens (including phenoxy) is 2. The summed E-state index contributed by atoms with van der Waals surface area (Å²) in [5, 5.41) is 0. The van der Waals surface area contributed by atoms with Crippen LogP contribution in [0.1, 0.15) is 49.5 Å². The van der Waals surface area contributed by atoms with Crippen molar-refractivity contribution < 1.29 is 14.3 Å². The quantitative estimate of drug-likeness (QED) is 0.791. The lowest BCUT2D eigenvalue weighted by atomic mass is 9.96. The fraction of sp³-hybridized carbons (Fsp3) is 0.789. The number of methoxy groups -OCH3 is 1. The van der Waals surface area contributed by atoms with E-state index in [0.717, 1.165) is 52.1 Å². The Morgan fingerprint density at radius 1 is 1.36 bits per heavy atom. The number of rotatable bonds is 6. The topological polar surface area (TPSA) is 56.6 Å². The van der Waals surface area contributed by atoms with E-state index in [0.29, 0.717) is 24.9 Å². The molecule has 1 amide bonds. The molecule has 25 heavy (non-hydrogen) atoms. The third-order valence-electron chi connectivity index (χ3n) is 5.50. The van der Waals surface area contributed by atoms with Crippen molar-refractivity contribution in [1.82, 2.24) is 14.5 Å². The fourth-order valence-corrected chi connectivity index (χ4v) is 4.05. The molecular formula is C19H31N3O3. The first-order valence-electron chi connectivity index (χ1n) is 9.55. The van der Waals surface area contributed by atoms with E-state index in [9.17, 15) is 4.79 Å². The van der Waals surface area contributed by atoms with E-state index in [4.69, 9.17) is 14.5 Å². The number of imidazole rings is 1. The van der Waals surface area contributed by atoms with Gasteiger partial charge in [-0.2, -0.15) is 0 Å². The minimum Gasteiger partial charge on any atom is -0.384 e. The average molecular weight is 349 g/mol. The number of likely N-dealkylation sites (tertiary alicyclic amines) is 1. The summed E-state index contributed by atoms with van der Waals surface area (Å²) in [5.41, 5.74) is 1.23. The number of nitrogens with zero attached hydrogens (tertiary/aromatic N) is 3. The maximum Gasteiger partial charge on any atom is 0.224 e. The van der Waals surface area contributed by atoms with Gasteiger partial charge in [0.05, 0.1) is 13.0 Å². The zero-order valence-corrected chi connectivity index (χ0v) is 15.6. The van der Waals surface area contributed by atoms with E-state index in [1.165, 1.54) is 17.9 Å². The van der Waals surface area contributed by atoms with Crippen molar-refractivity contribution in [3.8, 4) is 0 Å². The number of piperidine rings is 1. The molecule has 0 aromatic carbocycles. The van der Waals surface area contributed by atoms with Crippen LogP contribution in [0.5, 0.6) is 0 Å². The first-order valence-corrected chi connectivity index (χ1v) is 9.55. The highest BCUT2D eigenvalue weighted by Crippen LogP contribution is 2.28. The van der Waals surface area contributed by atoms with Gasteiger partial charge in [0.25, 0.3) is 0 Å². The summed E-state index contributed by atoms with van der Waals surface area (Å²) in [6, 6.07) is 0. The van der Waals surface area contributed by atoms with Crippen molar-refractivity contribution >= 4 is 5.91 Å². The Bertz CT molecular complexity index is 566. The van der Waals surface area contributed by atoms with Crippen molar-refractivity contribution in [3.63, 3.8) is 0 Å². The summed E-state index contributed by atoms with van der Waals surface area (Å²) in [4.78, 5) is 19.0. The first-order chi connectivity index (χ1) is 12.2. The molecular weight excluding hydrogens is 318 g/mol. The zero-order chi connectivity index (χ0) is 17.6. The van der Waals surface area contributed by atoms with E-state index >= 15 is 0 Å². The van der Waals surface area contributed by atoms with Crippen LogP contribution in [0.25, 0.3) is 0 Å².